The highest BCUT2D eigenvalue weighted by atomic mass is 16.5. The quantitative estimate of drug-likeness (QED) is 0.639. The van der Waals surface area contributed by atoms with E-state index in [1.54, 1.807) is 34.5 Å². The third kappa shape index (κ3) is 2.40. The molecule has 0 heterocycles. The zero-order chi connectivity index (χ0) is 17.3. The molecule has 0 spiro atoms. The summed E-state index contributed by atoms with van der Waals surface area (Å²) in [6.07, 6.45) is 1.79. The van der Waals surface area contributed by atoms with Crippen LogP contribution in [0, 0.1) is 0 Å². The monoisotopic (exact) mass is 324 g/mol. The van der Waals surface area contributed by atoms with Gasteiger partial charge in [-0.2, -0.15) is 0 Å². The minimum absolute atomic E-state index is 0.680. The molecule has 0 bridgehead atoms. The van der Waals surface area contributed by atoms with E-state index in [1.165, 1.54) is 0 Å². The van der Waals surface area contributed by atoms with Gasteiger partial charge in [0.05, 0.1) is 28.4 Å². The fourth-order valence-corrected chi connectivity index (χ4v) is 3.02. The van der Waals surface area contributed by atoms with E-state index in [0.717, 1.165) is 27.1 Å². The first-order valence-corrected chi connectivity index (χ1v) is 7.53. The topological polar surface area (TPSA) is 36.9 Å². The van der Waals surface area contributed by atoms with E-state index in [0.29, 0.717) is 23.0 Å². The minimum atomic E-state index is 0.680. The first-order valence-electron chi connectivity index (χ1n) is 7.53. The SMILES string of the molecule is C=Cc1c(OC)c(OC)cc2cc3cc(OC)c(OC)cc3cc12. The van der Waals surface area contributed by atoms with Crippen molar-refractivity contribution in [3.8, 4) is 23.0 Å². The first-order chi connectivity index (χ1) is 11.7. The van der Waals surface area contributed by atoms with Crippen LogP contribution in [-0.4, -0.2) is 28.4 Å². The van der Waals surface area contributed by atoms with E-state index in [2.05, 4.69) is 18.7 Å². The first kappa shape index (κ1) is 16.0. The molecule has 0 saturated heterocycles. The summed E-state index contributed by atoms with van der Waals surface area (Å²) in [6.45, 7) is 3.93. The van der Waals surface area contributed by atoms with Gasteiger partial charge in [-0.05, 0) is 51.9 Å². The van der Waals surface area contributed by atoms with Gasteiger partial charge in [-0.25, -0.2) is 0 Å². The van der Waals surface area contributed by atoms with Crippen molar-refractivity contribution in [3.63, 3.8) is 0 Å². The van der Waals surface area contributed by atoms with Crippen LogP contribution in [0.5, 0.6) is 23.0 Å². The summed E-state index contributed by atoms with van der Waals surface area (Å²) in [5.74, 6) is 2.76. The lowest BCUT2D eigenvalue weighted by Crippen LogP contribution is -1.95. The van der Waals surface area contributed by atoms with Crippen molar-refractivity contribution in [1.29, 1.82) is 0 Å². The number of rotatable bonds is 5. The second-order valence-electron chi connectivity index (χ2n) is 5.36. The molecule has 3 rings (SSSR count). The number of fused-ring (bicyclic) bond motifs is 2. The predicted octanol–water partition coefficient (Wildman–Crippen LogP) is 4.67. The molecule has 0 fully saturated rings. The Balaban J connectivity index is 2.41. The Bertz CT molecular complexity index is 928. The molecular weight excluding hydrogens is 304 g/mol. The summed E-state index contributed by atoms with van der Waals surface area (Å²) in [4.78, 5) is 0. The maximum atomic E-state index is 5.52. The van der Waals surface area contributed by atoms with Gasteiger partial charge in [-0.15, -0.1) is 0 Å². The maximum Gasteiger partial charge on any atom is 0.168 e. The maximum absolute atomic E-state index is 5.52. The van der Waals surface area contributed by atoms with Crippen molar-refractivity contribution in [3.05, 3.63) is 42.5 Å². The van der Waals surface area contributed by atoms with Crippen LogP contribution in [0.3, 0.4) is 0 Å². The van der Waals surface area contributed by atoms with Crippen LogP contribution >= 0.6 is 0 Å². The molecule has 0 amide bonds. The standard InChI is InChI=1S/C20H20O4/c1-6-15-16-8-13-10-18(22-3)17(21-2)9-12(13)7-14(16)11-19(23-4)20(15)24-5/h6-11H,1H2,2-5H3. The molecule has 0 saturated carbocycles. The van der Waals surface area contributed by atoms with Crippen LogP contribution in [0.15, 0.2) is 36.9 Å². The highest BCUT2D eigenvalue weighted by Crippen LogP contribution is 2.41. The Morgan fingerprint density at radius 2 is 1.21 bits per heavy atom. The van der Waals surface area contributed by atoms with Crippen LogP contribution < -0.4 is 18.9 Å². The molecule has 4 heteroatoms. The third-order valence-electron chi connectivity index (χ3n) is 4.18. The molecule has 0 aromatic heterocycles. The van der Waals surface area contributed by atoms with Crippen molar-refractivity contribution in [2.24, 2.45) is 0 Å². The molecule has 0 aliphatic carbocycles. The molecular formula is C20H20O4. The normalized spacial score (nSPS) is 10.7. The van der Waals surface area contributed by atoms with E-state index in [-0.39, 0.29) is 0 Å². The largest absolute Gasteiger partial charge is 0.493 e. The Morgan fingerprint density at radius 3 is 1.71 bits per heavy atom. The average Bonchev–Trinajstić information content (AvgIpc) is 2.63. The number of benzene rings is 3. The lowest BCUT2D eigenvalue weighted by Gasteiger charge is -2.15. The Morgan fingerprint density at radius 1 is 0.667 bits per heavy atom. The zero-order valence-electron chi connectivity index (χ0n) is 14.3. The average molecular weight is 324 g/mol. The summed E-state index contributed by atoms with van der Waals surface area (Å²) in [5.41, 5.74) is 0.906. The second kappa shape index (κ2) is 6.32. The zero-order valence-corrected chi connectivity index (χ0v) is 14.3. The highest BCUT2D eigenvalue weighted by molar-refractivity contribution is 6.04. The van der Waals surface area contributed by atoms with Crippen molar-refractivity contribution >= 4 is 27.6 Å². The molecule has 0 aliphatic heterocycles. The van der Waals surface area contributed by atoms with E-state index in [9.17, 15) is 0 Å². The van der Waals surface area contributed by atoms with Gasteiger partial charge < -0.3 is 18.9 Å². The summed E-state index contributed by atoms with van der Waals surface area (Å²) in [5, 5.41) is 4.20. The Hall–Kier alpha value is -2.88. The molecule has 0 unspecified atom stereocenters. The van der Waals surface area contributed by atoms with Crippen molar-refractivity contribution in [2.45, 2.75) is 0 Å². The summed E-state index contributed by atoms with van der Waals surface area (Å²) >= 11 is 0. The van der Waals surface area contributed by atoms with E-state index in [1.807, 2.05) is 18.2 Å². The highest BCUT2D eigenvalue weighted by Gasteiger charge is 2.14. The molecule has 3 aromatic carbocycles. The van der Waals surface area contributed by atoms with Crippen molar-refractivity contribution < 1.29 is 18.9 Å². The number of hydrogen-bond donors (Lipinski definition) is 0. The predicted molar refractivity (Wildman–Crippen MR) is 97.8 cm³/mol. The lowest BCUT2D eigenvalue weighted by atomic mass is 9.98. The van der Waals surface area contributed by atoms with Gasteiger partial charge in [0.1, 0.15) is 0 Å². The second-order valence-corrected chi connectivity index (χ2v) is 5.36. The molecule has 0 aliphatic rings. The molecule has 3 aromatic rings. The van der Waals surface area contributed by atoms with E-state index >= 15 is 0 Å². The van der Waals surface area contributed by atoms with E-state index in [4.69, 9.17) is 18.9 Å². The third-order valence-corrected chi connectivity index (χ3v) is 4.18. The van der Waals surface area contributed by atoms with Gasteiger partial charge in [-0.1, -0.05) is 12.7 Å². The number of hydrogen-bond acceptors (Lipinski definition) is 4. The molecule has 0 radical (unpaired) electrons. The van der Waals surface area contributed by atoms with Crippen LogP contribution in [0.2, 0.25) is 0 Å². The summed E-state index contributed by atoms with van der Waals surface area (Å²) < 4.78 is 21.8. The van der Waals surface area contributed by atoms with Crippen LogP contribution in [0.1, 0.15) is 5.56 Å². The van der Waals surface area contributed by atoms with Gasteiger partial charge in [0.25, 0.3) is 0 Å². The van der Waals surface area contributed by atoms with Crippen LogP contribution in [0.25, 0.3) is 27.6 Å². The summed E-state index contributed by atoms with van der Waals surface area (Å²) in [7, 11) is 6.53. The van der Waals surface area contributed by atoms with Gasteiger partial charge in [0.15, 0.2) is 23.0 Å². The fraction of sp³-hybridized carbons (Fsp3) is 0.200. The smallest absolute Gasteiger partial charge is 0.168 e. The van der Waals surface area contributed by atoms with Gasteiger partial charge in [0.2, 0.25) is 0 Å². The lowest BCUT2D eigenvalue weighted by molar-refractivity contribution is 0.355. The molecule has 0 atom stereocenters. The fourth-order valence-electron chi connectivity index (χ4n) is 3.02. The van der Waals surface area contributed by atoms with Crippen LogP contribution in [0.4, 0.5) is 0 Å². The van der Waals surface area contributed by atoms with Crippen LogP contribution in [-0.2, 0) is 0 Å². The summed E-state index contributed by atoms with van der Waals surface area (Å²) in [6, 6.07) is 10.1. The Labute approximate surface area is 141 Å². The van der Waals surface area contributed by atoms with Crippen molar-refractivity contribution in [2.75, 3.05) is 28.4 Å². The minimum Gasteiger partial charge on any atom is -0.493 e. The van der Waals surface area contributed by atoms with E-state index < -0.39 is 0 Å². The van der Waals surface area contributed by atoms with Gasteiger partial charge in [-0.3, -0.25) is 0 Å². The van der Waals surface area contributed by atoms with Gasteiger partial charge >= 0.3 is 0 Å². The number of methoxy groups -OCH3 is 4. The van der Waals surface area contributed by atoms with Gasteiger partial charge in [0, 0.05) is 5.56 Å². The van der Waals surface area contributed by atoms with Crippen molar-refractivity contribution in [1.82, 2.24) is 0 Å². The Kier molecular flexibility index (Phi) is 4.21. The molecule has 4 nitrogen and oxygen atoms in total. The molecule has 24 heavy (non-hydrogen) atoms. The molecule has 124 valence electrons. The number of ether oxygens (including phenoxy) is 4. The molecule has 0 N–H and O–H groups in total.